The normalized spacial score (nSPS) is 16.2. The van der Waals surface area contributed by atoms with E-state index in [0.29, 0.717) is 32.5 Å². The SMILES string of the molecule is CCCCN(C)C(=O)C(=O)N1CCC(C(N)=O)CC1. The first kappa shape index (κ1) is 15.5. The third kappa shape index (κ3) is 4.22. The van der Waals surface area contributed by atoms with E-state index in [2.05, 4.69) is 0 Å². The van der Waals surface area contributed by atoms with Crippen LogP contribution in [0.5, 0.6) is 0 Å². The Morgan fingerprint density at radius 1 is 1.26 bits per heavy atom. The Morgan fingerprint density at radius 2 is 1.84 bits per heavy atom. The highest BCUT2D eigenvalue weighted by Gasteiger charge is 2.30. The van der Waals surface area contributed by atoms with Crippen LogP contribution < -0.4 is 5.73 Å². The van der Waals surface area contributed by atoms with Crippen LogP contribution in [-0.2, 0) is 14.4 Å². The molecule has 19 heavy (non-hydrogen) atoms. The fourth-order valence-electron chi connectivity index (χ4n) is 2.16. The zero-order valence-electron chi connectivity index (χ0n) is 11.7. The summed E-state index contributed by atoms with van der Waals surface area (Å²) < 4.78 is 0. The highest BCUT2D eigenvalue weighted by molar-refractivity contribution is 6.34. The molecule has 0 unspecified atom stereocenters. The van der Waals surface area contributed by atoms with Crippen molar-refractivity contribution in [3.8, 4) is 0 Å². The topological polar surface area (TPSA) is 83.7 Å². The molecule has 0 saturated carbocycles. The summed E-state index contributed by atoms with van der Waals surface area (Å²) in [5.74, 6) is -1.43. The van der Waals surface area contributed by atoms with Gasteiger partial charge in [0.05, 0.1) is 0 Å². The quantitative estimate of drug-likeness (QED) is 0.727. The van der Waals surface area contributed by atoms with Crippen LogP contribution in [0.3, 0.4) is 0 Å². The van der Waals surface area contributed by atoms with Gasteiger partial charge in [-0.3, -0.25) is 14.4 Å². The summed E-state index contributed by atoms with van der Waals surface area (Å²) in [6, 6.07) is 0. The molecule has 0 aromatic rings. The summed E-state index contributed by atoms with van der Waals surface area (Å²) in [6.07, 6.45) is 2.97. The van der Waals surface area contributed by atoms with Gasteiger partial charge in [-0.2, -0.15) is 0 Å². The van der Waals surface area contributed by atoms with E-state index in [4.69, 9.17) is 5.73 Å². The highest BCUT2D eigenvalue weighted by Crippen LogP contribution is 2.17. The number of hydrogen-bond donors (Lipinski definition) is 1. The molecule has 1 fully saturated rings. The molecule has 2 N–H and O–H groups in total. The molecule has 1 saturated heterocycles. The third-order valence-corrected chi connectivity index (χ3v) is 3.56. The molecular weight excluding hydrogens is 246 g/mol. The van der Waals surface area contributed by atoms with Crippen molar-refractivity contribution in [3.05, 3.63) is 0 Å². The number of carbonyl (C=O) groups is 3. The summed E-state index contributed by atoms with van der Waals surface area (Å²) in [5, 5.41) is 0. The number of likely N-dealkylation sites (N-methyl/N-ethyl adjacent to an activating group) is 1. The van der Waals surface area contributed by atoms with Gasteiger partial charge >= 0.3 is 11.8 Å². The monoisotopic (exact) mass is 269 g/mol. The molecule has 0 spiro atoms. The van der Waals surface area contributed by atoms with Crippen LogP contribution in [0.15, 0.2) is 0 Å². The van der Waals surface area contributed by atoms with E-state index in [-0.39, 0.29) is 11.8 Å². The summed E-state index contributed by atoms with van der Waals surface area (Å²) in [4.78, 5) is 37.9. The highest BCUT2D eigenvalue weighted by atomic mass is 16.2. The van der Waals surface area contributed by atoms with E-state index in [1.165, 1.54) is 9.80 Å². The Hall–Kier alpha value is -1.59. The summed E-state index contributed by atoms with van der Waals surface area (Å²) in [7, 11) is 1.64. The number of hydrogen-bond acceptors (Lipinski definition) is 3. The van der Waals surface area contributed by atoms with E-state index in [9.17, 15) is 14.4 Å². The molecule has 0 aromatic heterocycles. The van der Waals surface area contributed by atoms with Crippen LogP contribution in [-0.4, -0.2) is 54.2 Å². The lowest BCUT2D eigenvalue weighted by Gasteiger charge is -2.31. The molecule has 0 bridgehead atoms. The van der Waals surface area contributed by atoms with Gasteiger partial charge in [0.25, 0.3) is 0 Å². The molecule has 6 heteroatoms. The third-order valence-electron chi connectivity index (χ3n) is 3.56. The van der Waals surface area contributed by atoms with Gasteiger partial charge in [0.15, 0.2) is 0 Å². The van der Waals surface area contributed by atoms with Crippen LogP contribution in [0, 0.1) is 5.92 Å². The van der Waals surface area contributed by atoms with E-state index >= 15 is 0 Å². The molecule has 1 aliphatic heterocycles. The molecule has 3 amide bonds. The minimum absolute atomic E-state index is 0.169. The summed E-state index contributed by atoms with van der Waals surface area (Å²) in [5.41, 5.74) is 5.23. The average molecular weight is 269 g/mol. The summed E-state index contributed by atoms with van der Waals surface area (Å²) in [6.45, 7) is 3.49. The number of amides is 3. The van der Waals surface area contributed by atoms with Gasteiger partial charge in [-0.15, -0.1) is 0 Å². The number of nitrogens with zero attached hydrogens (tertiary/aromatic N) is 2. The van der Waals surface area contributed by atoms with Crippen molar-refractivity contribution in [3.63, 3.8) is 0 Å². The second-order valence-corrected chi connectivity index (χ2v) is 5.05. The number of primary amides is 1. The van der Waals surface area contributed by atoms with Crippen LogP contribution in [0.1, 0.15) is 32.6 Å². The second-order valence-electron chi connectivity index (χ2n) is 5.05. The molecule has 0 atom stereocenters. The fourth-order valence-corrected chi connectivity index (χ4v) is 2.16. The number of unbranched alkanes of at least 4 members (excludes halogenated alkanes) is 1. The molecule has 6 nitrogen and oxygen atoms in total. The maximum atomic E-state index is 12.0. The molecule has 0 aromatic carbocycles. The number of nitrogens with two attached hydrogens (primary N) is 1. The predicted octanol–water partition coefficient (Wildman–Crippen LogP) is -0.0312. The first-order valence-corrected chi connectivity index (χ1v) is 6.81. The molecule has 0 aliphatic carbocycles. The van der Waals surface area contributed by atoms with Crippen molar-refractivity contribution < 1.29 is 14.4 Å². The van der Waals surface area contributed by atoms with Crippen molar-refractivity contribution >= 4 is 17.7 Å². The standard InChI is InChI=1S/C13H23N3O3/c1-3-4-7-15(2)12(18)13(19)16-8-5-10(6-9-16)11(14)17/h10H,3-9H2,1-2H3,(H2,14,17). The van der Waals surface area contributed by atoms with Crippen LogP contribution in [0.2, 0.25) is 0 Å². The van der Waals surface area contributed by atoms with Crippen LogP contribution >= 0.6 is 0 Å². The molecular formula is C13H23N3O3. The average Bonchev–Trinajstić information content (AvgIpc) is 2.43. The molecule has 1 rings (SSSR count). The van der Waals surface area contributed by atoms with Crippen molar-refractivity contribution in [1.82, 2.24) is 9.80 Å². The van der Waals surface area contributed by atoms with Gasteiger partial charge < -0.3 is 15.5 Å². The Bertz CT molecular complexity index is 349. The smallest absolute Gasteiger partial charge is 0.312 e. The second kappa shape index (κ2) is 7.11. The Morgan fingerprint density at radius 3 is 2.32 bits per heavy atom. The van der Waals surface area contributed by atoms with Crippen molar-refractivity contribution in [2.45, 2.75) is 32.6 Å². The molecule has 1 aliphatic rings. The largest absolute Gasteiger partial charge is 0.369 e. The number of rotatable bonds is 4. The molecule has 108 valence electrons. The van der Waals surface area contributed by atoms with Gasteiger partial charge in [0, 0.05) is 32.6 Å². The minimum Gasteiger partial charge on any atom is -0.369 e. The van der Waals surface area contributed by atoms with Crippen LogP contribution in [0.4, 0.5) is 0 Å². The zero-order chi connectivity index (χ0) is 14.4. The van der Waals surface area contributed by atoms with Crippen LogP contribution in [0.25, 0.3) is 0 Å². The number of carbonyl (C=O) groups excluding carboxylic acids is 3. The first-order valence-electron chi connectivity index (χ1n) is 6.81. The zero-order valence-corrected chi connectivity index (χ0v) is 11.7. The predicted molar refractivity (Wildman–Crippen MR) is 71.0 cm³/mol. The van der Waals surface area contributed by atoms with E-state index in [1.807, 2.05) is 6.92 Å². The Balaban J connectivity index is 2.46. The van der Waals surface area contributed by atoms with E-state index < -0.39 is 11.8 Å². The van der Waals surface area contributed by atoms with Gasteiger partial charge in [0.2, 0.25) is 5.91 Å². The van der Waals surface area contributed by atoms with Crippen molar-refractivity contribution in [2.24, 2.45) is 11.7 Å². The number of likely N-dealkylation sites (tertiary alicyclic amines) is 1. The van der Waals surface area contributed by atoms with Gasteiger partial charge in [-0.05, 0) is 19.3 Å². The maximum absolute atomic E-state index is 12.0. The van der Waals surface area contributed by atoms with Gasteiger partial charge in [0.1, 0.15) is 0 Å². The first-order chi connectivity index (χ1) is 8.97. The van der Waals surface area contributed by atoms with E-state index in [0.717, 1.165) is 12.8 Å². The van der Waals surface area contributed by atoms with E-state index in [1.54, 1.807) is 7.05 Å². The lowest BCUT2D eigenvalue weighted by molar-refractivity contribution is -0.152. The minimum atomic E-state index is -0.471. The Kier molecular flexibility index (Phi) is 5.79. The van der Waals surface area contributed by atoms with Gasteiger partial charge in [-0.1, -0.05) is 13.3 Å². The fraction of sp³-hybridized carbons (Fsp3) is 0.769. The lowest BCUT2D eigenvalue weighted by atomic mass is 9.96. The Labute approximate surface area is 113 Å². The summed E-state index contributed by atoms with van der Waals surface area (Å²) >= 11 is 0. The van der Waals surface area contributed by atoms with Crippen molar-refractivity contribution in [2.75, 3.05) is 26.7 Å². The molecule has 0 radical (unpaired) electrons. The molecule has 1 heterocycles. The van der Waals surface area contributed by atoms with Crippen molar-refractivity contribution in [1.29, 1.82) is 0 Å². The number of piperidine rings is 1. The maximum Gasteiger partial charge on any atom is 0.312 e. The van der Waals surface area contributed by atoms with Gasteiger partial charge in [-0.25, -0.2) is 0 Å². The lowest BCUT2D eigenvalue weighted by Crippen LogP contribution is -2.48.